The smallest absolute Gasteiger partial charge is 0.137 e. The number of pyridine rings is 1. The molecule has 9 rings (SSSR count). The number of aromatic nitrogens is 1. The van der Waals surface area contributed by atoms with E-state index in [0.29, 0.717) is 11.5 Å². The fraction of sp³-hybridized carbons (Fsp3) is 0.0227. The molecule has 7 aromatic rings. The molecule has 0 amide bonds. The van der Waals surface area contributed by atoms with Gasteiger partial charge in [-0.3, -0.25) is 4.90 Å². The Balaban J connectivity index is 1.08. The molecule has 2 aliphatic heterocycles. The molecule has 0 unspecified atom stereocenters. The van der Waals surface area contributed by atoms with Gasteiger partial charge in [-0.15, -0.1) is 0 Å². The largest absolute Gasteiger partial charge is 0.457 e. The van der Waals surface area contributed by atoms with Gasteiger partial charge >= 0.3 is 0 Å². The summed E-state index contributed by atoms with van der Waals surface area (Å²) in [5, 5.41) is 0. The zero-order chi connectivity index (χ0) is 36.9. The standard InChI is InChI=1S/C44H32N4O/c1-3-12-32(13-4-1)33-21-24-42-41(28-33)39-19-8-7-18-38(39)40-23-22-37(30-43(40)48(42)44-20-9-10-25-45-44)49-36-17-11-16-35(29-36)47-27-26-46(31-47)34-14-5-2-6-15-34/h1-30H,31H2/i2D,5D,6D,14D,15D. The van der Waals surface area contributed by atoms with Gasteiger partial charge in [0.1, 0.15) is 17.3 Å². The summed E-state index contributed by atoms with van der Waals surface area (Å²) in [6, 6.07) is 43.6. The average Bonchev–Trinajstić information content (AvgIpc) is 3.66. The van der Waals surface area contributed by atoms with Crippen LogP contribution < -0.4 is 19.4 Å². The van der Waals surface area contributed by atoms with Gasteiger partial charge in [0.2, 0.25) is 0 Å². The SMILES string of the molecule is [2H]c1c([2H])c([2H])c(N2C=CN(c3cccc(Oc4ccc5c(c4)N(c4ccccn4)c4ccc(-c6ccccc6)cc4-c4ccccc4-5)c3)C2)c([2H])c1[2H]. The number of anilines is 5. The molecule has 234 valence electrons. The Hall–Kier alpha value is -6.59. The normalized spacial score (nSPS) is 14.4. The van der Waals surface area contributed by atoms with Crippen molar-refractivity contribution in [2.24, 2.45) is 0 Å². The molecule has 3 heterocycles. The van der Waals surface area contributed by atoms with Gasteiger partial charge < -0.3 is 14.5 Å². The number of hydrogen-bond acceptors (Lipinski definition) is 5. The van der Waals surface area contributed by atoms with E-state index in [1.165, 1.54) is 0 Å². The van der Waals surface area contributed by atoms with Crippen LogP contribution in [0.4, 0.5) is 28.6 Å². The van der Waals surface area contributed by atoms with Crippen LogP contribution in [0.5, 0.6) is 11.5 Å². The second-order valence-electron chi connectivity index (χ2n) is 11.8. The molecule has 6 aromatic carbocycles. The van der Waals surface area contributed by atoms with Gasteiger partial charge in [-0.1, -0.05) is 90.9 Å². The summed E-state index contributed by atoms with van der Waals surface area (Å²) >= 11 is 0. The van der Waals surface area contributed by atoms with E-state index in [2.05, 4.69) is 83.8 Å². The van der Waals surface area contributed by atoms with Crippen LogP contribution in [0.15, 0.2) is 182 Å². The van der Waals surface area contributed by atoms with Gasteiger partial charge in [0.15, 0.2) is 0 Å². The summed E-state index contributed by atoms with van der Waals surface area (Å²) in [5.41, 5.74) is 9.54. The van der Waals surface area contributed by atoms with Crippen LogP contribution in [0, 0.1) is 0 Å². The lowest BCUT2D eigenvalue weighted by Gasteiger charge is -2.27. The van der Waals surface area contributed by atoms with Crippen LogP contribution in [0.25, 0.3) is 33.4 Å². The molecular weight excluding hydrogens is 601 g/mol. The first-order valence-corrected chi connectivity index (χ1v) is 16.1. The van der Waals surface area contributed by atoms with E-state index in [0.717, 1.165) is 56.3 Å². The van der Waals surface area contributed by atoms with Crippen molar-refractivity contribution in [1.29, 1.82) is 0 Å². The molecule has 0 fully saturated rings. The third kappa shape index (κ3) is 5.37. The molecule has 0 N–H and O–H groups in total. The topological polar surface area (TPSA) is 31.8 Å². The summed E-state index contributed by atoms with van der Waals surface area (Å²) in [5.74, 6) is 2.05. The highest BCUT2D eigenvalue weighted by atomic mass is 16.5. The van der Waals surface area contributed by atoms with E-state index in [-0.39, 0.29) is 36.5 Å². The first-order valence-electron chi connectivity index (χ1n) is 18.6. The fourth-order valence-corrected chi connectivity index (χ4v) is 6.54. The van der Waals surface area contributed by atoms with Crippen molar-refractivity contribution in [2.75, 3.05) is 21.4 Å². The number of fused-ring (bicyclic) bond motifs is 5. The van der Waals surface area contributed by atoms with E-state index in [4.69, 9.17) is 16.6 Å². The monoisotopic (exact) mass is 637 g/mol. The third-order valence-corrected chi connectivity index (χ3v) is 8.83. The zero-order valence-corrected chi connectivity index (χ0v) is 26.3. The number of hydrogen-bond donors (Lipinski definition) is 0. The lowest BCUT2D eigenvalue weighted by atomic mass is 9.92. The van der Waals surface area contributed by atoms with Crippen LogP contribution in [-0.4, -0.2) is 11.7 Å². The Bertz CT molecular complexity index is 2570. The van der Waals surface area contributed by atoms with Crippen molar-refractivity contribution >= 4 is 28.6 Å². The Labute approximate surface area is 293 Å². The maximum atomic E-state index is 8.41. The zero-order valence-electron chi connectivity index (χ0n) is 31.3. The molecule has 0 saturated carbocycles. The minimum atomic E-state index is -0.412. The van der Waals surface area contributed by atoms with Gasteiger partial charge in [0.25, 0.3) is 0 Å². The Kier molecular flexibility index (Phi) is 5.90. The van der Waals surface area contributed by atoms with Crippen molar-refractivity contribution in [3.8, 4) is 44.9 Å². The summed E-state index contributed by atoms with van der Waals surface area (Å²) < 4.78 is 47.5. The van der Waals surface area contributed by atoms with Crippen LogP contribution in [0.2, 0.25) is 0 Å². The van der Waals surface area contributed by atoms with E-state index in [1.807, 2.05) is 71.9 Å². The summed E-state index contributed by atoms with van der Waals surface area (Å²) in [6.45, 7) is 0.264. The van der Waals surface area contributed by atoms with E-state index >= 15 is 0 Å². The highest BCUT2D eigenvalue weighted by molar-refractivity contribution is 6.03. The number of ether oxygens (including phenoxy) is 1. The third-order valence-electron chi connectivity index (χ3n) is 8.83. The minimum absolute atomic E-state index is 0.133. The summed E-state index contributed by atoms with van der Waals surface area (Å²) in [6.07, 6.45) is 5.35. The quantitative estimate of drug-likeness (QED) is 0.181. The molecule has 0 bridgehead atoms. The summed E-state index contributed by atoms with van der Waals surface area (Å²) in [4.78, 5) is 10.6. The first kappa shape index (κ1) is 23.7. The molecule has 49 heavy (non-hydrogen) atoms. The van der Waals surface area contributed by atoms with Crippen LogP contribution in [0.3, 0.4) is 0 Å². The van der Waals surface area contributed by atoms with Crippen LogP contribution in [0.1, 0.15) is 6.85 Å². The van der Waals surface area contributed by atoms with Crippen LogP contribution in [-0.2, 0) is 0 Å². The maximum absolute atomic E-state index is 8.41. The second kappa shape index (κ2) is 12.2. The molecule has 2 aliphatic rings. The molecule has 5 nitrogen and oxygen atoms in total. The van der Waals surface area contributed by atoms with E-state index in [1.54, 1.807) is 11.1 Å². The van der Waals surface area contributed by atoms with Crippen molar-refractivity contribution in [1.82, 2.24) is 4.98 Å². The Morgan fingerprint density at radius 1 is 0.531 bits per heavy atom. The minimum Gasteiger partial charge on any atom is -0.457 e. The number of nitrogens with zero attached hydrogens (tertiary/aromatic N) is 4. The number of para-hydroxylation sites is 1. The van der Waals surface area contributed by atoms with Crippen molar-refractivity contribution in [2.45, 2.75) is 0 Å². The lowest BCUT2D eigenvalue weighted by Crippen LogP contribution is -2.24. The fourth-order valence-electron chi connectivity index (χ4n) is 6.54. The highest BCUT2D eigenvalue weighted by Gasteiger charge is 2.27. The van der Waals surface area contributed by atoms with E-state index in [9.17, 15) is 0 Å². The van der Waals surface area contributed by atoms with Gasteiger partial charge in [-0.05, 0) is 82.9 Å². The molecule has 0 aliphatic carbocycles. The van der Waals surface area contributed by atoms with Crippen LogP contribution >= 0.6 is 0 Å². The van der Waals surface area contributed by atoms with Crippen molar-refractivity contribution < 1.29 is 11.6 Å². The highest BCUT2D eigenvalue weighted by Crippen LogP contribution is 2.52. The lowest BCUT2D eigenvalue weighted by molar-refractivity contribution is 0.483. The van der Waals surface area contributed by atoms with Gasteiger partial charge in [-0.2, -0.15) is 0 Å². The average molecular weight is 638 g/mol. The first-order chi connectivity index (χ1) is 26.4. The predicted octanol–water partition coefficient (Wildman–Crippen LogP) is 11.4. The number of rotatable bonds is 6. The van der Waals surface area contributed by atoms with Crippen molar-refractivity contribution in [3.63, 3.8) is 0 Å². The Morgan fingerprint density at radius 2 is 1.29 bits per heavy atom. The summed E-state index contributed by atoms with van der Waals surface area (Å²) in [7, 11) is 0. The predicted molar refractivity (Wildman–Crippen MR) is 201 cm³/mol. The molecule has 0 radical (unpaired) electrons. The molecule has 5 heteroatoms. The molecule has 0 atom stereocenters. The Morgan fingerprint density at radius 3 is 2.10 bits per heavy atom. The van der Waals surface area contributed by atoms with Gasteiger partial charge in [-0.25, -0.2) is 4.98 Å². The molecule has 0 saturated heterocycles. The second-order valence-corrected chi connectivity index (χ2v) is 11.8. The van der Waals surface area contributed by atoms with E-state index < -0.39 is 6.04 Å². The van der Waals surface area contributed by atoms with Gasteiger partial charge in [0.05, 0.1) is 24.9 Å². The number of benzene rings is 6. The maximum Gasteiger partial charge on any atom is 0.137 e. The molecular formula is C44H32N4O. The van der Waals surface area contributed by atoms with Crippen molar-refractivity contribution in [3.05, 3.63) is 182 Å². The molecule has 1 aromatic heterocycles. The molecule has 0 spiro atoms. The van der Waals surface area contributed by atoms with Gasteiger partial charge in [0, 0.05) is 53.2 Å².